The average Bonchev–Trinajstić information content (AvgIpc) is 3.11. The fraction of sp³-hybridized carbons (Fsp3) is 0.333. The molecule has 8 heteroatoms. The number of aromatic hydroxyl groups is 1. The summed E-state index contributed by atoms with van der Waals surface area (Å²) in [5.41, 5.74) is 1.76. The number of nitrogens with zero attached hydrogens (tertiary/aromatic N) is 1. The zero-order chi connectivity index (χ0) is 21.0. The smallest absolute Gasteiger partial charge is 0.308 e. The number of esters is 1. The molecule has 8 nitrogen and oxygen atoms in total. The molecule has 1 unspecified atom stereocenters. The number of cyclic esters (lactones) is 1. The van der Waals surface area contributed by atoms with Crippen molar-refractivity contribution in [3.05, 3.63) is 52.8 Å². The lowest BCUT2D eigenvalue weighted by molar-refractivity contribution is -0.137. The molecule has 0 aliphatic carbocycles. The van der Waals surface area contributed by atoms with Gasteiger partial charge in [-0.05, 0) is 37.1 Å². The van der Waals surface area contributed by atoms with Gasteiger partial charge in [0, 0.05) is 6.07 Å². The second-order valence-electron chi connectivity index (χ2n) is 6.75. The highest BCUT2D eigenvalue weighted by Crippen LogP contribution is 2.29. The van der Waals surface area contributed by atoms with Crippen LogP contribution in [0.2, 0.25) is 0 Å². The Bertz CT molecular complexity index is 956. The van der Waals surface area contributed by atoms with E-state index in [1.165, 1.54) is 13.0 Å². The summed E-state index contributed by atoms with van der Waals surface area (Å²) >= 11 is 0. The van der Waals surface area contributed by atoms with Crippen molar-refractivity contribution in [2.45, 2.75) is 39.3 Å². The fourth-order valence-electron chi connectivity index (χ4n) is 3.01. The van der Waals surface area contributed by atoms with E-state index in [2.05, 4.69) is 10.3 Å². The average molecular weight is 398 g/mol. The predicted molar refractivity (Wildman–Crippen MR) is 103 cm³/mol. The van der Waals surface area contributed by atoms with Crippen molar-refractivity contribution in [3.8, 4) is 11.5 Å². The lowest BCUT2D eigenvalue weighted by Gasteiger charge is -2.13. The number of pyridine rings is 1. The molecule has 1 amide bonds. The maximum Gasteiger partial charge on any atom is 0.308 e. The van der Waals surface area contributed by atoms with Crippen LogP contribution in [0.15, 0.2) is 30.3 Å². The number of nitrogens with one attached hydrogen (secondary N) is 1. The van der Waals surface area contributed by atoms with E-state index in [0.29, 0.717) is 17.9 Å². The van der Waals surface area contributed by atoms with Crippen LogP contribution >= 0.6 is 0 Å². The molecule has 3 rings (SSSR count). The molecule has 1 aliphatic heterocycles. The summed E-state index contributed by atoms with van der Waals surface area (Å²) in [5, 5.41) is 12.8. The Morgan fingerprint density at radius 2 is 2.14 bits per heavy atom. The number of carbonyl (C=O) groups is 3. The number of hydrogen-bond acceptors (Lipinski definition) is 7. The van der Waals surface area contributed by atoms with Gasteiger partial charge in [-0.15, -0.1) is 0 Å². The Balaban J connectivity index is 1.69. The predicted octanol–water partition coefficient (Wildman–Crippen LogP) is 2.18. The summed E-state index contributed by atoms with van der Waals surface area (Å²) in [6, 6.07) is 7.66. The molecule has 1 fully saturated rings. The Labute approximate surface area is 167 Å². The maximum atomic E-state index is 12.3. The van der Waals surface area contributed by atoms with E-state index in [4.69, 9.17) is 9.47 Å². The van der Waals surface area contributed by atoms with E-state index in [1.807, 2.05) is 6.92 Å². The lowest BCUT2D eigenvalue weighted by atomic mass is 10.0. The van der Waals surface area contributed by atoms with E-state index in [-0.39, 0.29) is 54.4 Å². The summed E-state index contributed by atoms with van der Waals surface area (Å²) in [6.45, 7) is 3.55. The minimum atomic E-state index is -0.396. The second-order valence-corrected chi connectivity index (χ2v) is 6.75. The monoisotopic (exact) mass is 398 g/mol. The van der Waals surface area contributed by atoms with Crippen LogP contribution in [0, 0.1) is 0 Å². The van der Waals surface area contributed by atoms with Gasteiger partial charge in [0.05, 0.1) is 23.7 Å². The van der Waals surface area contributed by atoms with Gasteiger partial charge in [0.15, 0.2) is 5.78 Å². The van der Waals surface area contributed by atoms with Gasteiger partial charge in [-0.3, -0.25) is 14.4 Å². The number of ether oxygens (including phenoxy) is 2. The van der Waals surface area contributed by atoms with Gasteiger partial charge in [-0.1, -0.05) is 13.0 Å². The largest absolute Gasteiger partial charge is 0.507 e. The van der Waals surface area contributed by atoms with Gasteiger partial charge < -0.3 is 19.9 Å². The molecule has 0 radical (unpaired) electrons. The highest BCUT2D eigenvalue weighted by atomic mass is 16.5. The van der Waals surface area contributed by atoms with E-state index in [1.54, 1.807) is 24.3 Å². The summed E-state index contributed by atoms with van der Waals surface area (Å²) in [6.07, 6.45) is 0.766. The number of hydrogen-bond donors (Lipinski definition) is 2. The van der Waals surface area contributed by atoms with Crippen LogP contribution in [-0.4, -0.2) is 40.4 Å². The van der Waals surface area contributed by atoms with Gasteiger partial charge >= 0.3 is 5.97 Å². The van der Waals surface area contributed by atoms with Crippen LogP contribution in [0.5, 0.6) is 11.5 Å². The first-order chi connectivity index (χ1) is 13.9. The standard InChI is InChI=1S/C21H22N2O6/c1-3-13-7-16(12(2)24)18(25)9-19(13)28-10-14-5-4-6-17(22-14)21(27)23-15-8-20(26)29-11-15/h4-7,9,15,25H,3,8,10-11H2,1-2H3,(H,23,27). The third-order valence-electron chi connectivity index (χ3n) is 4.55. The molecule has 0 bridgehead atoms. The summed E-state index contributed by atoms with van der Waals surface area (Å²) in [4.78, 5) is 39.4. The van der Waals surface area contributed by atoms with E-state index in [9.17, 15) is 19.5 Å². The van der Waals surface area contributed by atoms with Crippen molar-refractivity contribution in [1.29, 1.82) is 0 Å². The van der Waals surface area contributed by atoms with Crippen LogP contribution in [0.4, 0.5) is 0 Å². The molecule has 1 atom stereocenters. The van der Waals surface area contributed by atoms with Crippen molar-refractivity contribution in [1.82, 2.24) is 10.3 Å². The van der Waals surface area contributed by atoms with Gasteiger partial charge in [0.1, 0.15) is 30.4 Å². The Morgan fingerprint density at radius 1 is 1.34 bits per heavy atom. The minimum absolute atomic E-state index is 0.0814. The lowest BCUT2D eigenvalue weighted by Crippen LogP contribution is -2.35. The van der Waals surface area contributed by atoms with Crippen LogP contribution in [0.3, 0.4) is 0 Å². The van der Waals surface area contributed by atoms with Gasteiger partial charge in [0.2, 0.25) is 0 Å². The molecular weight excluding hydrogens is 376 g/mol. The molecule has 2 aromatic rings. The molecule has 1 saturated heterocycles. The summed E-state index contributed by atoms with van der Waals surface area (Å²) in [7, 11) is 0. The molecule has 1 aliphatic rings. The van der Waals surface area contributed by atoms with Crippen molar-refractivity contribution in [3.63, 3.8) is 0 Å². The normalized spacial score (nSPS) is 15.7. The number of amides is 1. The van der Waals surface area contributed by atoms with Crippen LogP contribution < -0.4 is 10.1 Å². The summed E-state index contributed by atoms with van der Waals surface area (Å²) in [5.74, 6) is -0.644. The zero-order valence-corrected chi connectivity index (χ0v) is 16.2. The maximum absolute atomic E-state index is 12.3. The highest BCUT2D eigenvalue weighted by molar-refractivity contribution is 5.97. The molecule has 1 aromatic carbocycles. The van der Waals surface area contributed by atoms with E-state index < -0.39 is 5.91 Å². The van der Waals surface area contributed by atoms with Crippen LogP contribution in [0.25, 0.3) is 0 Å². The molecule has 1 aromatic heterocycles. The van der Waals surface area contributed by atoms with Crippen LogP contribution in [-0.2, 0) is 22.6 Å². The molecule has 0 spiro atoms. The molecule has 29 heavy (non-hydrogen) atoms. The third kappa shape index (κ3) is 4.90. The minimum Gasteiger partial charge on any atom is -0.507 e. The first kappa shape index (κ1) is 20.3. The summed E-state index contributed by atoms with van der Waals surface area (Å²) < 4.78 is 10.6. The molecule has 0 saturated carbocycles. The van der Waals surface area contributed by atoms with Crippen molar-refractivity contribution in [2.24, 2.45) is 0 Å². The molecular formula is C21H22N2O6. The topological polar surface area (TPSA) is 115 Å². The second kappa shape index (κ2) is 8.72. The van der Waals surface area contributed by atoms with E-state index >= 15 is 0 Å². The van der Waals surface area contributed by atoms with Crippen LogP contribution in [0.1, 0.15) is 52.4 Å². The molecule has 2 N–H and O–H groups in total. The Kier molecular flexibility index (Phi) is 6.11. The number of phenols is 1. The first-order valence-electron chi connectivity index (χ1n) is 9.29. The van der Waals surface area contributed by atoms with Crippen molar-refractivity contribution in [2.75, 3.05) is 6.61 Å². The number of Topliss-reactive ketones (excluding diaryl/α,β-unsaturated/α-hetero) is 1. The SMILES string of the molecule is CCc1cc(C(C)=O)c(O)cc1OCc1cccc(C(=O)NC2COC(=O)C2)n1. The number of phenolic OH excluding ortho intramolecular Hbond substituents is 1. The zero-order valence-electron chi connectivity index (χ0n) is 16.2. The number of aryl methyl sites for hydroxylation is 1. The number of carbonyl (C=O) groups excluding carboxylic acids is 3. The van der Waals surface area contributed by atoms with Crippen molar-refractivity contribution >= 4 is 17.7 Å². The number of aromatic nitrogens is 1. The van der Waals surface area contributed by atoms with E-state index in [0.717, 1.165) is 5.56 Å². The number of rotatable bonds is 7. The Morgan fingerprint density at radius 3 is 2.79 bits per heavy atom. The third-order valence-corrected chi connectivity index (χ3v) is 4.55. The number of benzene rings is 1. The highest BCUT2D eigenvalue weighted by Gasteiger charge is 2.25. The Hall–Kier alpha value is -3.42. The molecule has 152 valence electrons. The quantitative estimate of drug-likeness (QED) is 0.543. The fourth-order valence-corrected chi connectivity index (χ4v) is 3.01. The molecule has 2 heterocycles. The first-order valence-corrected chi connectivity index (χ1v) is 9.29. The van der Waals surface area contributed by atoms with Gasteiger partial charge in [-0.25, -0.2) is 4.98 Å². The van der Waals surface area contributed by atoms with Crippen molar-refractivity contribution < 1.29 is 29.0 Å². The van der Waals surface area contributed by atoms with Gasteiger partial charge in [0.25, 0.3) is 5.91 Å². The van der Waals surface area contributed by atoms with Gasteiger partial charge in [-0.2, -0.15) is 0 Å². The number of ketones is 1.